The van der Waals surface area contributed by atoms with Crippen molar-refractivity contribution in [1.29, 1.82) is 0 Å². The number of hydrogen-bond acceptors (Lipinski definition) is 6. The summed E-state index contributed by atoms with van der Waals surface area (Å²) in [4.78, 5) is 38.1. The summed E-state index contributed by atoms with van der Waals surface area (Å²) in [5.74, 6) is -0.883. The molecule has 1 unspecified atom stereocenters. The van der Waals surface area contributed by atoms with Crippen LogP contribution in [-0.4, -0.2) is 37.2 Å². The van der Waals surface area contributed by atoms with Gasteiger partial charge < -0.3 is 14.2 Å². The van der Waals surface area contributed by atoms with Crippen LogP contribution in [0, 0.1) is 0 Å². The molecule has 0 heterocycles. The number of carbonyl (C=O) groups excluding carboxylic acids is 3. The van der Waals surface area contributed by atoms with E-state index in [1.54, 1.807) is 0 Å². The molecule has 0 N–H and O–H groups in total. The second-order valence-electron chi connectivity index (χ2n) is 19.2. The van der Waals surface area contributed by atoms with Crippen LogP contribution in [-0.2, 0) is 28.6 Å². The smallest absolute Gasteiger partial charge is 0.306 e. The van der Waals surface area contributed by atoms with Crippen molar-refractivity contribution in [2.45, 2.75) is 303 Å². The van der Waals surface area contributed by atoms with Crippen molar-refractivity contribution >= 4 is 17.9 Å². The Morgan fingerprint density at radius 2 is 0.591 bits per heavy atom. The molecule has 0 radical (unpaired) electrons. The van der Waals surface area contributed by atoms with E-state index in [4.69, 9.17) is 14.2 Å². The van der Waals surface area contributed by atoms with Gasteiger partial charge in [-0.15, -0.1) is 0 Å². The van der Waals surface area contributed by atoms with E-state index >= 15 is 0 Å². The Hall–Kier alpha value is -2.63. The van der Waals surface area contributed by atoms with Crippen LogP contribution >= 0.6 is 0 Å². The molecule has 0 aromatic heterocycles. The van der Waals surface area contributed by atoms with Crippen molar-refractivity contribution in [2.24, 2.45) is 0 Å². The molecule has 0 aliphatic rings. The molecule has 0 amide bonds. The van der Waals surface area contributed by atoms with Gasteiger partial charge in [-0.25, -0.2) is 0 Å². The summed E-state index contributed by atoms with van der Waals surface area (Å²) >= 11 is 0. The Kier molecular flexibility index (Phi) is 52.8. The highest BCUT2D eigenvalue weighted by atomic mass is 16.6. The number of esters is 3. The van der Waals surface area contributed by atoms with Crippen LogP contribution in [0.5, 0.6) is 0 Å². The van der Waals surface area contributed by atoms with Gasteiger partial charge in [-0.3, -0.25) is 14.4 Å². The quantitative estimate of drug-likeness (QED) is 0.0262. The Bertz CT molecular complexity index is 1150. The van der Waals surface area contributed by atoms with Gasteiger partial charge in [0.05, 0.1) is 0 Å². The van der Waals surface area contributed by atoms with E-state index in [-0.39, 0.29) is 31.1 Å². The van der Waals surface area contributed by atoms with Gasteiger partial charge in [-0.1, -0.05) is 230 Å². The zero-order chi connectivity index (χ0) is 47.9. The lowest BCUT2D eigenvalue weighted by Crippen LogP contribution is -2.30. The van der Waals surface area contributed by atoms with Crippen molar-refractivity contribution < 1.29 is 28.6 Å². The lowest BCUT2D eigenvalue weighted by Gasteiger charge is -2.18. The first kappa shape index (κ1) is 63.4. The Morgan fingerprint density at radius 1 is 0.318 bits per heavy atom. The minimum atomic E-state index is -0.779. The zero-order valence-electron chi connectivity index (χ0n) is 44.0. The molecule has 1 atom stereocenters. The first-order chi connectivity index (χ1) is 32.5. The highest BCUT2D eigenvalue weighted by molar-refractivity contribution is 5.71. The third kappa shape index (κ3) is 52.3. The minimum absolute atomic E-state index is 0.0782. The first-order valence-corrected chi connectivity index (χ1v) is 28.6. The van der Waals surface area contributed by atoms with Crippen LogP contribution in [0.3, 0.4) is 0 Å². The number of allylic oxidation sites excluding steroid dienone is 8. The van der Waals surface area contributed by atoms with E-state index in [1.165, 1.54) is 180 Å². The first-order valence-electron chi connectivity index (χ1n) is 28.6. The summed E-state index contributed by atoms with van der Waals surface area (Å²) < 4.78 is 16.9. The van der Waals surface area contributed by atoms with E-state index < -0.39 is 6.10 Å². The maximum Gasteiger partial charge on any atom is 0.306 e. The van der Waals surface area contributed by atoms with Crippen molar-refractivity contribution in [3.05, 3.63) is 48.6 Å². The van der Waals surface area contributed by atoms with Crippen molar-refractivity contribution in [1.82, 2.24) is 0 Å². The molecule has 66 heavy (non-hydrogen) atoms. The lowest BCUT2D eigenvalue weighted by atomic mass is 10.1. The molecular formula is C60H108O6. The molecule has 0 aromatic rings. The van der Waals surface area contributed by atoms with Crippen LogP contribution in [0.25, 0.3) is 0 Å². The normalized spacial score (nSPS) is 12.3. The Balaban J connectivity index is 4.35. The molecule has 0 rings (SSSR count). The largest absolute Gasteiger partial charge is 0.462 e. The average molecular weight is 926 g/mol. The van der Waals surface area contributed by atoms with Gasteiger partial charge >= 0.3 is 17.9 Å². The standard InChI is InChI=1S/C60H108O6/c1-4-7-10-13-16-19-22-25-28-29-30-31-33-35-38-41-44-47-50-53-59(62)65-56-57(55-64-58(61)52-49-46-43-40-37-34-27-24-21-18-15-12-9-6-3)66-60(63)54-51-48-45-42-39-36-32-26-23-20-17-14-11-8-5-2/h9,12,18,20-21,23,29-30,57H,4-8,10-11,13-17,19,22,24-28,31-56H2,1-3H3/b12-9-,21-18-,23-20-,30-29-. The third-order valence-corrected chi connectivity index (χ3v) is 12.5. The summed E-state index contributed by atoms with van der Waals surface area (Å²) in [6, 6.07) is 0. The van der Waals surface area contributed by atoms with Gasteiger partial charge in [0.25, 0.3) is 0 Å². The minimum Gasteiger partial charge on any atom is -0.462 e. The van der Waals surface area contributed by atoms with E-state index in [1.807, 2.05) is 0 Å². The maximum absolute atomic E-state index is 12.8. The van der Waals surface area contributed by atoms with Crippen molar-refractivity contribution in [3.63, 3.8) is 0 Å². The van der Waals surface area contributed by atoms with Crippen LogP contribution in [0.2, 0.25) is 0 Å². The fraction of sp³-hybridized carbons (Fsp3) is 0.817. The highest BCUT2D eigenvalue weighted by Crippen LogP contribution is 2.16. The van der Waals surface area contributed by atoms with E-state index in [2.05, 4.69) is 69.4 Å². The lowest BCUT2D eigenvalue weighted by molar-refractivity contribution is -0.167. The number of unbranched alkanes of at least 4 members (excludes halogenated alkanes) is 33. The predicted octanol–water partition coefficient (Wildman–Crippen LogP) is 19.0. The predicted molar refractivity (Wildman–Crippen MR) is 284 cm³/mol. The van der Waals surface area contributed by atoms with Gasteiger partial charge in [0.1, 0.15) is 13.2 Å². The zero-order valence-corrected chi connectivity index (χ0v) is 44.0. The molecule has 0 bridgehead atoms. The Morgan fingerprint density at radius 3 is 0.939 bits per heavy atom. The number of ether oxygens (including phenoxy) is 3. The summed E-state index contributed by atoms with van der Waals surface area (Å²) in [6.07, 6.45) is 66.7. The number of rotatable bonds is 52. The summed E-state index contributed by atoms with van der Waals surface area (Å²) in [5, 5.41) is 0. The fourth-order valence-corrected chi connectivity index (χ4v) is 8.24. The van der Waals surface area contributed by atoms with E-state index in [0.717, 1.165) is 77.0 Å². The molecule has 384 valence electrons. The Labute approximate surface area is 409 Å². The molecule has 0 spiro atoms. The van der Waals surface area contributed by atoms with E-state index in [9.17, 15) is 14.4 Å². The number of hydrogen-bond donors (Lipinski definition) is 0. The average Bonchev–Trinajstić information content (AvgIpc) is 3.31. The second kappa shape index (κ2) is 55.0. The molecule has 0 aliphatic heterocycles. The topological polar surface area (TPSA) is 78.9 Å². The summed E-state index contributed by atoms with van der Waals surface area (Å²) in [6.45, 7) is 6.54. The van der Waals surface area contributed by atoms with Gasteiger partial charge in [0.15, 0.2) is 6.10 Å². The molecule has 0 aromatic carbocycles. The fourth-order valence-electron chi connectivity index (χ4n) is 8.24. The molecule has 0 saturated carbocycles. The van der Waals surface area contributed by atoms with E-state index in [0.29, 0.717) is 19.3 Å². The van der Waals surface area contributed by atoms with Gasteiger partial charge in [-0.05, 0) is 96.3 Å². The highest BCUT2D eigenvalue weighted by Gasteiger charge is 2.19. The second-order valence-corrected chi connectivity index (χ2v) is 19.2. The van der Waals surface area contributed by atoms with Gasteiger partial charge in [-0.2, -0.15) is 0 Å². The van der Waals surface area contributed by atoms with Crippen LogP contribution in [0.4, 0.5) is 0 Å². The molecular weight excluding hydrogens is 817 g/mol. The van der Waals surface area contributed by atoms with Crippen LogP contribution in [0.1, 0.15) is 297 Å². The third-order valence-electron chi connectivity index (χ3n) is 12.5. The van der Waals surface area contributed by atoms with Gasteiger partial charge in [0, 0.05) is 19.3 Å². The molecule has 0 fully saturated rings. The molecule has 6 heteroatoms. The SMILES string of the molecule is CC/C=C\C/C=C\CCCCCCCCCC(=O)OCC(COC(=O)CCCCCCCCC/C=C\CCCCCCCCCC)OC(=O)CCCCCCCCC/C=C\CCCCCC. The molecule has 6 nitrogen and oxygen atoms in total. The van der Waals surface area contributed by atoms with Crippen LogP contribution < -0.4 is 0 Å². The van der Waals surface area contributed by atoms with Crippen molar-refractivity contribution in [3.8, 4) is 0 Å². The monoisotopic (exact) mass is 925 g/mol. The van der Waals surface area contributed by atoms with Crippen LogP contribution in [0.15, 0.2) is 48.6 Å². The molecule has 0 saturated heterocycles. The number of carbonyl (C=O) groups is 3. The molecule has 0 aliphatic carbocycles. The summed E-state index contributed by atoms with van der Waals surface area (Å²) in [5.41, 5.74) is 0. The van der Waals surface area contributed by atoms with Gasteiger partial charge in [0.2, 0.25) is 0 Å². The summed E-state index contributed by atoms with van der Waals surface area (Å²) in [7, 11) is 0. The van der Waals surface area contributed by atoms with Crippen molar-refractivity contribution in [2.75, 3.05) is 13.2 Å². The maximum atomic E-state index is 12.8.